The summed E-state index contributed by atoms with van der Waals surface area (Å²) in [6.07, 6.45) is 9.12. The summed E-state index contributed by atoms with van der Waals surface area (Å²) in [6.45, 7) is 5.12. The molecule has 1 saturated carbocycles. The van der Waals surface area contributed by atoms with Gasteiger partial charge in [-0.05, 0) is 37.3 Å². The molecule has 0 aliphatic heterocycles. The maximum absolute atomic E-state index is 10.7. The molecule has 118 valence electrons. The van der Waals surface area contributed by atoms with Crippen molar-refractivity contribution in [1.82, 2.24) is 5.32 Å². The molecule has 2 nitrogen and oxygen atoms in total. The molecule has 0 spiro atoms. The number of rotatable bonds is 6. The summed E-state index contributed by atoms with van der Waals surface area (Å²) < 4.78 is 0. The van der Waals surface area contributed by atoms with Gasteiger partial charge in [0.05, 0.1) is 5.60 Å². The molecule has 1 aliphatic carbocycles. The molecule has 0 amide bonds. The minimum atomic E-state index is -0.493. The van der Waals surface area contributed by atoms with Crippen LogP contribution in [0.5, 0.6) is 0 Å². The maximum Gasteiger partial charge on any atom is 0.0771 e. The predicted octanol–water partition coefficient (Wildman–Crippen LogP) is 4.38. The SMILES string of the molecule is CCCc1ccc(C(C)NCC2(O)CCCCCC2)cc1. The molecular formula is C19H31NO. The van der Waals surface area contributed by atoms with Crippen LogP contribution in [0, 0.1) is 0 Å². The summed E-state index contributed by atoms with van der Waals surface area (Å²) in [5.41, 5.74) is 2.23. The number of hydrogen-bond acceptors (Lipinski definition) is 2. The summed E-state index contributed by atoms with van der Waals surface area (Å²) in [5.74, 6) is 0. The zero-order chi connectivity index (χ0) is 15.1. The molecule has 1 fully saturated rings. The van der Waals surface area contributed by atoms with Gasteiger partial charge in [-0.15, -0.1) is 0 Å². The van der Waals surface area contributed by atoms with Gasteiger partial charge in [-0.25, -0.2) is 0 Å². The Bertz CT molecular complexity index is 404. The minimum absolute atomic E-state index is 0.299. The standard InChI is InChI=1S/C19H31NO/c1-3-8-17-9-11-18(12-10-17)16(2)20-15-19(21)13-6-4-5-7-14-19/h9-12,16,20-21H,3-8,13-15H2,1-2H3. The molecule has 0 bridgehead atoms. The summed E-state index contributed by atoms with van der Waals surface area (Å²) in [7, 11) is 0. The van der Waals surface area contributed by atoms with E-state index in [1.165, 1.54) is 30.4 Å². The van der Waals surface area contributed by atoms with Crippen molar-refractivity contribution >= 4 is 0 Å². The third-order valence-corrected chi connectivity index (χ3v) is 4.79. The Morgan fingerprint density at radius 1 is 1.10 bits per heavy atom. The van der Waals surface area contributed by atoms with E-state index in [2.05, 4.69) is 43.4 Å². The summed E-state index contributed by atoms with van der Waals surface area (Å²) in [4.78, 5) is 0. The fraction of sp³-hybridized carbons (Fsp3) is 0.684. The van der Waals surface area contributed by atoms with E-state index in [1.807, 2.05) is 0 Å². The third-order valence-electron chi connectivity index (χ3n) is 4.79. The van der Waals surface area contributed by atoms with Crippen molar-refractivity contribution in [2.75, 3.05) is 6.54 Å². The molecule has 21 heavy (non-hydrogen) atoms. The van der Waals surface area contributed by atoms with Crippen LogP contribution in [-0.2, 0) is 6.42 Å². The first kappa shape index (κ1) is 16.5. The molecule has 2 heteroatoms. The van der Waals surface area contributed by atoms with Crippen molar-refractivity contribution in [3.8, 4) is 0 Å². The molecular weight excluding hydrogens is 258 g/mol. The van der Waals surface area contributed by atoms with Crippen molar-refractivity contribution in [2.24, 2.45) is 0 Å². The number of hydrogen-bond donors (Lipinski definition) is 2. The summed E-state index contributed by atoms with van der Waals surface area (Å²) >= 11 is 0. The molecule has 1 unspecified atom stereocenters. The number of aryl methyl sites for hydroxylation is 1. The van der Waals surface area contributed by atoms with Gasteiger partial charge < -0.3 is 10.4 Å². The molecule has 1 atom stereocenters. The van der Waals surface area contributed by atoms with Crippen LogP contribution in [-0.4, -0.2) is 17.3 Å². The van der Waals surface area contributed by atoms with E-state index in [0.717, 1.165) is 32.1 Å². The quantitative estimate of drug-likeness (QED) is 0.762. The van der Waals surface area contributed by atoms with E-state index < -0.39 is 5.60 Å². The number of nitrogens with one attached hydrogen (secondary N) is 1. The molecule has 2 rings (SSSR count). The third kappa shape index (κ3) is 5.12. The van der Waals surface area contributed by atoms with Crippen LogP contribution in [0.2, 0.25) is 0 Å². The molecule has 1 aromatic carbocycles. The molecule has 1 aliphatic rings. The Balaban J connectivity index is 1.86. The van der Waals surface area contributed by atoms with E-state index in [9.17, 15) is 5.11 Å². The first-order chi connectivity index (χ1) is 10.1. The molecule has 0 aromatic heterocycles. The zero-order valence-electron chi connectivity index (χ0n) is 13.7. The molecule has 0 radical (unpaired) electrons. The summed E-state index contributed by atoms with van der Waals surface area (Å²) in [5, 5.41) is 14.2. The van der Waals surface area contributed by atoms with E-state index >= 15 is 0 Å². The lowest BCUT2D eigenvalue weighted by molar-refractivity contribution is 0.0231. The Morgan fingerprint density at radius 2 is 1.71 bits per heavy atom. The van der Waals surface area contributed by atoms with Gasteiger partial charge in [0.2, 0.25) is 0 Å². The molecule has 1 aromatic rings. The highest BCUT2D eigenvalue weighted by molar-refractivity contribution is 5.24. The lowest BCUT2D eigenvalue weighted by atomic mass is 9.94. The largest absolute Gasteiger partial charge is 0.389 e. The normalized spacial score (nSPS) is 20.0. The van der Waals surface area contributed by atoms with Gasteiger partial charge in [-0.1, -0.05) is 63.3 Å². The van der Waals surface area contributed by atoms with Crippen LogP contribution in [0.4, 0.5) is 0 Å². The van der Waals surface area contributed by atoms with Gasteiger partial charge >= 0.3 is 0 Å². The molecule has 0 saturated heterocycles. The Labute approximate surface area is 130 Å². The number of aliphatic hydroxyl groups is 1. The van der Waals surface area contributed by atoms with Crippen molar-refractivity contribution in [3.63, 3.8) is 0 Å². The van der Waals surface area contributed by atoms with Crippen LogP contribution in [0.25, 0.3) is 0 Å². The summed E-state index contributed by atoms with van der Waals surface area (Å²) in [6, 6.07) is 9.21. The van der Waals surface area contributed by atoms with Crippen LogP contribution < -0.4 is 5.32 Å². The highest BCUT2D eigenvalue weighted by Crippen LogP contribution is 2.27. The Hall–Kier alpha value is -0.860. The minimum Gasteiger partial charge on any atom is -0.389 e. The Morgan fingerprint density at radius 3 is 2.29 bits per heavy atom. The van der Waals surface area contributed by atoms with Crippen LogP contribution in [0.3, 0.4) is 0 Å². The van der Waals surface area contributed by atoms with E-state index in [1.54, 1.807) is 0 Å². The van der Waals surface area contributed by atoms with Crippen LogP contribution in [0.1, 0.15) is 76.0 Å². The second kappa shape index (κ2) is 7.95. The lowest BCUT2D eigenvalue weighted by Gasteiger charge is -2.29. The smallest absolute Gasteiger partial charge is 0.0771 e. The second-order valence-electron chi connectivity index (χ2n) is 6.73. The van der Waals surface area contributed by atoms with Crippen molar-refractivity contribution in [2.45, 2.75) is 76.9 Å². The van der Waals surface area contributed by atoms with E-state index in [-0.39, 0.29) is 0 Å². The van der Waals surface area contributed by atoms with Gasteiger partial charge in [0.25, 0.3) is 0 Å². The average molecular weight is 289 g/mol. The fourth-order valence-electron chi connectivity index (χ4n) is 3.29. The highest BCUT2D eigenvalue weighted by atomic mass is 16.3. The van der Waals surface area contributed by atoms with Crippen molar-refractivity contribution in [3.05, 3.63) is 35.4 Å². The van der Waals surface area contributed by atoms with E-state index in [4.69, 9.17) is 0 Å². The Kier molecular flexibility index (Phi) is 6.25. The molecule has 2 N–H and O–H groups in total. The average Bonchev–Trinajstić information content (AvgIpc) is 2.71. The van der Waals surface area contributed by atoms with Gasteiger partial charge in [-0.2, -0.15) is 0 Å². The van der Waals surface area contributed by atoms with E-state index in [0.29, 0.717) is 12.6 Å². The lowest BCUT2D eigenvalue weighted by Crippen LogP contribution is -2.41. The van der Waals surface area contributed by atoms with Gasteiger partial charge in [0.1, 0.15) is 0 Å². The fourth-order valence-corrected chi connectivity index (χ4v) is 3.29. The van der Waals surface area contributed by atoms with Gasteiger partial charge in [0, 0.05) is 12.6 Å². The monoisotopic (exact) mass is 289 g/mol. The maximum atomic E-state index is 10.7. The topological polar surface area (TPSA) is 32.3 Å². The van der Waals surface area contributed by atoms with Gasteiger partial charge in [0.15, 0.2) is 0 Å². The molecule has 0 heterocycles. The van der Waals surface area contributed by atoms with Crippen molar-refractivity contribution in [1.29, 1.82) is 0 Å². The second-order valence-corrected chi connectivity index (χ2v) is 6.73. The first-order valence-corrected chi connectivity index (χ1v) is 8.67. The van der Waals surface area contributed by atoms with Gasteiger partial charge in [-0.3, -0.25) is 0 Å². The van der Waals surface area contributed by atoms with Crippen LogP contribution in [0.15, 0.2) is 24.3 Å². The first-order valence-electron chi connectivity index (χ1n) is 8.67. The zero-order valence-corrected chi connectivity index (χ0v) is 13.7. The number of benzene rings is 1. The predicted molar refractivity (Wildman–Crippen MR) is 89.5 cm³/mol. The van der Waals surface area contributed by atoms with Crippen LogP contribution >= 0.6 is 0 Å². The highest BCUT2D eigenvalue weighted by Gasteiger charge is 2.28. The van der Waals surface area contributed by atoms with Crippen molar-refractivity contribution < 1.29 is 5.11 Å².